The molecule has 5 heteroatoms. The smallest absolute Gasteiger partial charge is 0.436 e. The highest BCUT2D eigenvalue weighted by molar-refractivity contribution is 5.28. The number of phenols is 1. The van der Waals surface area contributed by atoms with Crippen LogP contribution in [-0.2, 0) is 13.5 Å². The fraction of sp³-hybridized carbons (Fsp3) is 0.200. The van der Waals surface area contributed by atoms with Crippen molar-refractivity contribution in [3.8, 4) is 5.75 Å². The Morgan fingerprint density at radius 3 is 2.93 bits per heavy atom. The molecule has 0 amide bonds. The molecule has 0 fully saturated rings. The van der Waals surface area contributed by atoms with Crippen LogP contribution in [0, 0.1) is 0 Å². The molecule has 2 aromatic rings. The molecule has 0 aliphatic carbocycles. The molecule has 0 unspecified atom stereocenters. The molecule has 1 aromatic heterocycles. The Kier molecular flexibility index (Phi) is 2.29. The first-order chi connectivity index (χ1) is 7.15. The third-order valence-electron chi connectivity index (χ3n) is 2.00. The van der Waals surface area contributed by atoms with Gasteiger partial charge in [-0.1, -0.05) is 12.1 Å². The fourth-order valence-electron chi connectivity index (χ4n) is 1.31. The van der Waals surface area contributed by atoms with Gasteiger partial charge in [0.05, 0.1) is 6.42 Å². The highest BCUT2D eigenvalue weighted by Crippen LogP contribution is 2.13. The van der Waals surface area contributed by atoms with Crippen molar-refractivity contribution in [2.75, 3.05) is 0 Å². The number of benzene rings is 1. The van der Waals surface area contributed by atoms with Crippen molar-refractivity contribution >= 4 is 0 Å². The number of aryl methyl sites for hydroxylation is 1. The van der Waals surface area contributed by atoms with Gasteiger partial charge in [-0.05, 0) is 17.7 Å². The lowest BCUT2D eigenvalue weighted by Gasteiger charge is -1.96. The Labute approximate surface area is 85.6 Å². The third-order valence-corrected chi connectivity index (χ3v) is 2.00. The van der Waals surface area contributed by atoms with E-state index in [0.29, 0.717) is 12.3 Å². The quantitative estimate of drug-likeness (QED) is 0.784. The Hall–Kier alpha value is -2.04. The van der Waals surface area contributed by atoms with Crippen molar-refractivity contribution in [1.82, 2.24) is 9.78 Å². The van der Waals surface area contributed by atoms with E-state index < -0.39 is 5.76 Å². The highest BCUT2D eigenvalue weighted by Gasteiger charge is 2.05. The maximum Gasteiger partial charge on any atom is 0.436 e. The Balaban J connectivity index is 2.25. The predicted molar refractivity (Wildman–Crippen MR) is 52.7 cm³/mol. The SMILES string of the molecule is Cn1nc(Cc2cccc(O)c2)oc1=O. The van der Waals surface area contributed by atoms with Crippen LogP contribution in [0.25, 0.3) is 0 Å². The van der Waals surface area contributed by atoms with Crippen molar-refractivity contribution < 1.29 is 9.52 Å². The topological polar surface area (TPSA) is 68.3 Å². The largest absolute Gasteiger partial charge is 0.508 e. The second kappa shape index (κ2) is 3.61. The number of aromatic hydroxyl groups is 1. The zero-order valence-corrected chi connectivity index (χ0v) is 8.17. The molecule has 0 saturated heterocycles. The van der Waals surface area contributed by atoms with E-state index in [2.05, 4.69) is 5.10 Å². The number of aromatic nitrogens is 2. The molecule has 1 heterocycles. The normalized spacial score (nSPS) is 10.5. The number of hydrogen-bond acceptors (Lipinski definition) is 4. The molecule has 0 aliphatic rings. The van der Waals surface area contributed by atoms with E-state index in [1.807, 2.05) is 6.07 Å². The van der Waals surface area contributed by atoms with Gasteiger partial charge in [-0.3, -0.25) is 0 Å². The fourth-order valence-corrected chi connectivity index (χ4v) is 1.31. The standard InChI is InChI=1S/C10H10N2O3/c1-12-10(14)15-9(11-12)6-7-3-2-4-8(13)5-7/h2-5,13H,6H2,1H3. The number of nitrogens with zero attached hydrogens (tertiary/aromatic N) is 2. The van der Waals surface area contributed by atoms with Crippen molar-refractivity contribution in [2.24, 2.45) is 7.05 Å². The van der Waals surface area contributed by atoms with Crippen LogP contribution in [0.1, 0.15) is 11.5 Å². The van der Waals surface area contributed by atoms with Gasteiger partial charge in [0.1, 0.15) is 5.75 Å². The molecule has 1 aromatic carbocycles. The van der Waals surface area contributed by atoms with E-state index in [9.17, 15) is 9.90 Å². The van der Waals surface area contributed by atoms with Crippen LogP contribution in [0.3, 0.4) is 0 Å². The van der Waals surface area contributed by atoms with Gasteiger partial charge in [-0.2, -0.15) is 4.68 Å². The lowest BCUT2D eigenvalue weighted by Crippen LogP contribution is -2.09. The molecule has 0 spiro atoms. The van der Waals surface area contributed by atoms with E-state index in [0.717, 1.165) is 10.2 Å². The predicted octanol–water partition coefficient (Wildman–Crippen LogP) is 0.670. The minimum Gasteiger partial charge on any atom is -0.508 e. The summed E-state index contributed by atoms with van der Waals surface area (Å²) >= 11 is 0. The van der Waals surface area contributed by atoms with Gasteiger partial charge in [0.25, 0.3) is 0 Å². The van der Waals surface area contributed by atoms with Gasteiger partial charge >= 0.3 is 5.76 Å². The van der Waals surface area contributed by atoms with Gasteiger partial charge in [0, 0.05) is 7.05 Å². The van der Waals surface area contributed by atoms with E-state index in [-0.39, 0.29) is 5.75 Å². The summed E-state index contributed by atoms with van der Waals surface area (Å²) in [6, 6.07) is 6.74. The molecule has 5 nitrogen and oxygen atoms in total. The minimum atomic E-state index is -0.481. The average molecular weight is 206 g/mol. The molecule has 0 saturated carbocycles. The zero-order chi connectivity index (χ0) is 10.8. The molecule has 0 aliphatic heterocycles. The first-order valence-electron chi connectivity index (χ1n) is 4.46. The van der Waals surface area contributed by atoms with E-state index in [4.69, 9.17) is 4.42 Å². The summed E-state index contributed by atoms with van der Waals surface area (Å²) in [4.78, 5) is 11.0. The molecule has 0 bridgehead atoms. The van der Waals surface area contributed by atoms with Crippen molar-refractivity contribution in [3.05, 3.63) is 46.3 Å². The molecule has 78 valence electrons. The molecule has 0 radical (unpaired) electrons. The van der Waals surface area contributed by atoms with Crippen molar-refractivity contribution in [3.63, 3.8) is 0 Å². The van der Waals surface area contributed by atoms with Crippen molar-refractivity contribution in [1.29, 1.82) is 0 Å². The summed E-state index contributed by atoms with van der Waals surface area (Å²) in [6.45, 7) is 0. The Morgan fingerprint density at radius 2 is 2.33 bits per heavy atom. The monoisotopic (exact) mass is 206 g/mol. The van der Waals surface area contributed by atoms with E-state index >= 15 is 0 Å². The molecular formula is C10H10N2O3. The van der Waals surface area contributed by atoms with Gasteiger partial charge in [0.15, 0.2) is 0 Å². The summed E-state index contributed by atoms with van der Waals surface area (Å²) in [5.41, 5.74) is 0.844. The highest BCUT2D eigenvalue weighted by atomic mass is 16.4. The Bertz CT molecular complexity index is 527. The van der Waals surface area contributed by atoms with Crippen LogP contribution in [0.2, 0.25) is 0 Å². The summed E-state index contributed by atoms with van der Waals surface area (Å²) < 4.78 is 6.01. The van der Waals surface area contributed by atoms with Crippen LogP contribution in [0.15, 0.2) is 33.5 Å². The average Bonchev–Trinajstić information content (AvgIpc) is 2.45. The van der Waals surface area contributed by atoms with Gasteiger partial charge < -0.3 is 9.52 Å². The summed E-state index contributed by atoms with van der Waals surface area (Å²) in [6.07, 6.45) is 0.393. The van der Waals surface area contributed by atoms with Crippen LogP contribution in [-0.4, -0.2) is 14.9 Å². The maximum atomic E-state index is 11.0. The number of phenolic OH excluding ortho intramolecular Hbond substituents is 1. The second-order valence-corrected chi connectivity index (χ2v) is 3.23. The number of hydrogen-bond donors (Lipinski definition) is 1. The van der Waals surface area contributed by atoms with Gasteiger partial charge in [-0.15, -0.1) is 5.10 Å². The minimum absolute atomic E-state index is 0.186. The molecule has 1 N–H and O–H groups in total. The lowest BCUT2D eigenvalue weighted by molar-refractivity contribution is 0.460. The lowest BCUT2D eigenvalue weighted by atomic mass is 10.1. The molecule has 15 heavy (non-hydrogen) atoms. The molecule has 2 rings (SSSR count). The number of rotatable bonds is 2. The van der Waals surface area contributed by atoms with Gasteiger partial charge in [0.2, 0.25) is 5.89 Å². The second-order valence-electron chi connectivity index (χ2n) is 3.23. The first kappa shape index (κ1) is 9.51. The Morgan fingerprint density at radius 1 is 1.53 bits per heavy atom. The van der Waals surface area contributed by atoms with E-state index in [1.165, 1.54) is 7.05 Å². The maximum absolute atomic E-state index is 11.0. The third kappa shape index (κ3) is 2.07. The van der Waals surface area contributed by atoms with Crippen LogP contribution < -0.4 is 5.76 Å². The van der Waals surface area contributed by atoms with Crippen LogP contribution >= 0.6 is 0 Å². The van der Waals surface area contributed by atoms with Crippen LogP contribution in [0.5, 0.6) is 5.75 Å². The summed E-state index contributed by atoms with van der Waals surface area (Å²) in [7, 11) is 1.53. The molecule has 0 atom stereocenters. The van der Waals surface area contributed by atoms with E-state index in [1.54, 1.807) is 18.2 Å². The summed E-state index contributed by atoms with van der Waals surface area (Å²) in [5, 5.41) is 13.1. The van der Waals surface area contributed by atoms with Gasteiger partial charge in [-0.25, -0.2) is 4.79 Å². The first-order valence-corrected chi connectivity index (χ1v) is 4.46. The summed E-state index contributed by atoms with van der Waals surface area (Å²) in [5.74, 6) is 0.0454. The molecular weight excluding hydrogens is 196 g/mol. The zero-order valence-electron chi connectivity index (χ0n) is 8.17. The van der Waals surface area contributed by atoms with Crippen LogP contribution in [0.4, 0.5) is 0 Å². The van der Waals surface area contributed by atoms with Crippen molar-refractivity contribution in [2.45, 2.75) is 6.42 Å².